The quantitative estimate of drug-likeness (QED) is 0.313. The standard InChI is InChI=1S/C32H38N4O2S2/c1-8-28-34-29-21(3)17-22(4)33-30(29)36(28)19-23-13-15-24(16-14-23)26-18-27(25-12-10-9-11-20(25)2)39-31(26)40(37,38)35-32(5,6)7/h9-18,30,33,35H,8,19H2,1-7H3. The predicted octanol–water partition coefficient (Wildman–Crippen LogP) is 7.20. The summed E-state index contributed by atoms with van der Waals surface area (Å²) in [4.78, 5) is 8.20. The zero-order valence-corrected chi connectivity index (χ0v) is 25.9. The SMILES string of the molecule is CCC1=NC2=C(C)C=C(C)NC2N1Cc1ccc(-c2cc(-c3ccccc3C)sc2S(=O)(=O)NC(C)(C)C)cc1. The molecule has 40 heavy (non-hydrogen) atoms. The molecule has 0 bridgehead atoms. The summed E-state index contributed by atoms with van der Waals surface area (Å²) < 4.78 is 30.4. The first kappa shape index (κ1) is 28.3. The number of hydrogen-bond donors (Lipinski definition) is 2. The first-order valence-corrected chi connectivity index (χ1v) is 16.0. The van der Waals surface area contributed by atoms with Crippen molar-refractivity contribution in [2.24, 2.45) is 4.99 Å². The Morgan fingerprint density at radius 3 is 2.38 bits per heavy atom. The number of benzene rings is 2. The van der Waals surface area contributed by atoms with Crippen molar-refractivity contribution in [2.45, 2.75) is 77.3 Å². The van der Waals surface area contributed by atoms with E-state index in [1.807, 2.05) is 57.2 Å². The van der Waals surface area contributed by atoms with Crippen LogP contribution in [-0.4, -0.2) is 30.9 Å². The Balaban J connectivity index is 1.49. The summed E-state index contributed by atoms with van der Waals surface area (Å²) in [5, 5.41) is 3.59. The molecule has 2 N–H and O–H groups in total. The molecule has 1 unspecified atom stereocenters. The number of rotatable bonds is 7. The van der Waals surface area contributed by atoms with E-state index in [9.17, 15) is 8.42 Å². The summed E-state index contributed by atoms with van der Waals surface area (Å²) >= 11 is 1.32. The second kappa shape index (κ2) is 10.7. The smallest absolute Gasteiger partial charge is 0.251 e. The highest BCUT2D eigenvalue weighted by Crippen LogP contribution is 2.41. The van der Waals surface area contributed by atoms with E-state index in [2.05, 4.69) is 66.9 Å². The lowest BCUT2D eigenvalue weighted by Gasteiger charge is -2.32. The van der Waals surface area contributed by atoms with Gasteiger partial charge in [0.25, 0.3) is 10.0 Å². The van der Waals surface area contributed by atoms with Crippen molar-refractivity contribution in [2.75, 3.05) is 0 Å². The van der Waals surface area contributed by atoms with Crippen LogP contribution in [0.15, 0.2) is 86.8 Å². The van der Waals surface area contributed by atoms with Gasteiger partial charge < -0.3 is 10.2 Å². The fraction of sp³-hybridized carbons (Fsp3) is 0.344. The van der Waals surface area contributed by atoms with E-state index in [1.54, 1.807) is 0 Å². The molecule has 0 saturated heterocycles. The summed E-state index contributed by atoms with van der Waals surface area (Å²) in [6.45, 7) is 14.7. The average Bonchev–Trinajstić information content (AvgIpc) is 3.47. The highest BCUT2D eigenvalue weighted by Gasteiger charge is 2.34. The maximum Gasteiger partial charge on any atom is 0.251 e. The third-order valence-corrected chi connectivity index (χ3v) is 10.5. The molecule has 1 aromatic heterocycles. The second-order valence-corrected chi connectivity index (χ2v) is 14.6. The third-order valence-electron chi connectivity index (χ3n) is 7.08. The number of thiophene rings is 1. The molecule has 2 aromatic carbocycles. The van der Waals surface area contributed by atoms with E-state index in [0.717, 1.165) is 56.3 Å². The molecular formula is C32H38N4O2S2. The maximum absolute atomic E-state index is 13.6. The van der Waals surface area contributed by atoms with Crippen molar-refractivity contribution >= 4 is 27.2 Å². The number of nitrogens with zero attached hydrogens (tertiary/aromatic N) is 2. The number of aliphatic imine (C=N–C) groups is 1. The molecule has 2 aliphatic rings. The van der Waals surface area contributed by atoms with Gasteiger partial charge in [0, 0.05) is 34.6 Å². The Labute approximate surface area is 242 Å². The van der Waals surface area contributed by atoms with Gasteiger partial charge in [-0.15, -0.1) is 11.3 Å². The first-order valence-electron chi connectivity index (χ1n) is 13.7. The summed E-state index contributed by atoms with van der Waals surface area (Å²) in [5.41, 5.74) is 7.74. The zero-order chi connectivity index (χ0) is 28.8. The highest BCUT2D eigenvalue weighted by molar-refractivity contribution is 7.91. The summed E-state index contributed by atoms with van der Waals surface area (Å²) in [7, 11) is -3.73. The fourth-order valence-electron chi connectivity index (χ4n) is 5.32. The van der Waals surface area contributed by atoms with Crippen LogP contribution >= 0.6 is 11.3 Å². The summed E-state index contributed by atoms with van der Waals surface area (Å²) in [6.07, 6.45) is 3.03. The predicted molar refractivity (Wildman–Crippen MR) is 167 cm³/mol. The molecule has 1 atom stereocenters. The van der Waals surface area contributed by atoms with E-state index >= 15 is 0 Å². The molecule has 6 nitrogen and oxygen atoms in total. The fourth-order valence-corrected chi connectivity index (χ4v) is 8.53. The molecule has 3 heterocycles. The van der Waals surface area contributed by atoms with Crippen molar-refractivity contribution < 1.29 is 8.42 Å². The van der Waals surface area contributed by atoms with Crippen LogP contribution < -0.4 is 10.0 Å². The third kappa shape index (κ3) is 5.66. The van der Waals surface area contributed by atoms with E-state index in [4.69, 9.17) is 4.99 Å². The minimum Gasteiger partial charge on any atom is -0.364 e. The normalized spacial score (nSPS) is 17.5. The van der Waals surface area contributed by atoms with Gasteiger partial charge >= 0.3 is 0 Å². The molecule has 210 valence electrons. The van der Waals surface area contributed by atoms with Crippen LogP contribution in [0.4, 0.5) is 0 Å². The Kier molecular flexibility index (Phi) is 7.54. The number of aryl methyl sites for hydroxylation is 1. The minimum absolute atomic E-state index is 0.0355. The molecule has 3 aromatic rings. The number of hydrogen-bond acceptors (Lipinski definition) is 6. The number of nitrogens with one attached hydrogen (secondary N) is 2. The number of allylic oxidation sites excluding steroid dienone is 3. The Hall–Kier alpha value is -3.20. The van der Waals surface area contributed by atoms with E-state index in [-0.39, 0.29) is 6.17 Å². The van der Waals surface area contributed by atoms with E-state index < -0.39 is 15.6 Å². The van der Waals surface area contributed by atoms with Crippen LogP contribution in [0.5, 0.6) is 0 Å². The molecule has 0 fully saturated rings. The van der Waals surface area contributed by atoms with Crippen molar-refractivity contribution in [3.63, 3.8) is 0 Å². The van der Waals surface area contributed by atoms with Gasteiger partial charge in [0.2, 0.25) is 0 Å². The van der Waals surface area contributed by atoms with Gasteiger partial charge in [-0.05, 0) is 81.5 Å². The lowest BCUT2D eigenvalue weighted by Crippen LogP contribution is -2.45. The number of sulfonamides is 1. The topological polar surface area (TPSA) is 73.8 Å². The molecule has 0 spiro atoms. The van der Waals surface area contributed by atoms with Crippen molar-refractivity contribution in [1.29, 1.82) is 0 Å². The molecule has 0 radical (unpaired) electrons. The number of fused-ring (bicyclic) bond motifs is 1. The molecular weight excluding hydrogens is 537 g/mol. The second-order valence-electron chi connectivity index (χ2n) is 11.6. The van der Waals surface area contributed by atoms with Gasteiger partial charge in [-0.3, -0.25) is 0 Å². The highest BCUT2D eigenvalue weighted by atomic mass is 32.2. The summed E-state index contributed by atoms with van der Waals surface area (Å²) in [5.74, 6) is 1.07. The monoisotopic (exact) mass is 574 g/mol. The number of amidine groups is 1. The van der Waals surface area contributed by atoms with Crippen LogP contribution in [0.2, 0.25) is 0 Å². The van der Waals surface area contributed by atoms with E-state index in [0.29, 0.717) is 10.8 Å². The summed E-state index contributed by atoms with van der Waals surface area (Å²) in [6, 6.07) is 18.4. The van der Waals surface area contributed by atoms with Crippen molar-refractivity contribution in [1.82, 2.24) is 14.9 Å². The molecule has 0 aliphatic carbocycles. The Morgan fingerprint density at radius 2 is 1.73 bits per heavy atom. The van der Waals surface area contributed by atoms with Crippen molar-refractivity contribution in [3.05, 3.63) is 88.8 Å². The van der Waals surface area contributed by atoms with Crippen LogP contribution in [0.1, 0.15) is 59.1 Å². The maximum atomic E-state index is 13.6. The molecule has 5 rings (SSSR count). The molecule has 2 aliphatic heterocycles. The Bertz CT molecular complexity index is 1640. The average molecular weight is 575 g/mol. The molecule has 0 amide bonds. The first-order chi connectivity index (χ1) is 18.9. The van der Waals surface area contributed by atoms with Crippen LogP contribution in [0.3, 0.4) is 0 Å². The van der Waals surface area contributed by atoms with Gasteiger partial charge in [0.15, 0.2) is 0 Å². The van der Waals surface area contributed by atoms with Crippen LogP contribution in [0, 0.1) is 6.92 Å². The van der Waals surface area contributed by atoms with Crippen LogP contribution in [0.25, 0.3) is 21.6 Å². The Morgan fingerprint density at radius 1 is 1.02 bits per heavy atom. The van der Waals surface area contributed by atoms with Gasteiger partial charge in [-0.1, -0.05) is 55.5 Å². The lowest BCUT2D eigenvalue weighted by molar-refractivity contribution is 0.318. The number of dihydropyridines is 1. The van der Waals surface area contributed by atoms with Gasteiger partial charge in [-0.2, -0.15) is 0 Å². The van der Waals surface area contributed by atoms with Crippen molar-refractivity contribution in [3.8, 4) is 21.6 Å². The minimum atomic E-state index is -3.73. The van der Waals surface area contributed by atoms with Gasteiger partial charge in [-0.25, -0.2) is 18.1 Å². The van der Waals surface area contributed by atoms with Crippen LogP contribution in [-0.2, 0) is 16.6 Å². The molecule has 0 saturated carbocycles. The zero-order valence-electron chi connectivity index (χ0n) is 24.3. The van der Waals surface area contributed by atoms with E-state index in [1.165, 1.54) is 16.9 Å². The largest absolute Gasteiger partial charge is 0.364 e. The molecule has 8 heteroatoms. The van der Waals surface area contributed by atoms with Gasteiger partial charge in [0.05, 0.1) is 5.70 Å². The lowest BCUT2D eigenvalue weighted by atomic mass is 10.0. The van der Waals surface area contributed by atoms with Gasteiger partial charge in [0.1, 0.15) is 16.2 Å².